The minimum atomic E-state index is -0.725. The van der Waals surface area contributed by atoms with E-state index >= 15 is 0 Å². The van der Waals surface area contributed by atoms with Gasteiger partial charge in [-0.05, 0) is 73.9 Å². The second kappa shape index (κ2) is 11.3. The van der Waals surface area contributed by atoms with Crippen LogP contribution in [-0.4, -0.2) is 44.4 Å². The van der Waals surface area contributed by atoms with Crippen molar-refractivity contribution in [2.75, 3.05) is 32.3 Å². The van der Waals surface area contributed by atoms with Gasteiger partial charge in [-0.3, -0.25) is 9.69 Å². The molecular formula is C30H31NO7. The van der Waals surface area contributed by atoms with Crippen LogP contribution >= 0.6 is 0 Å². The van der Waals surface area contributed by atoms with Crippen LogP contribution in [-0.2, 0) is 9.53 Å². The number of methoxy groups -OCH3 is 2. The number of hydrogen-bond acceptors (Lipinski definition) is 7. The molecule has 1 atom stereocenters. The average Bonchev–Trinajstić information content (AvgIpc) is 3.19. The smallest absolute Gasteiger partial charge is 0.337 e. The molecule has 0 fully saturated rings. The summed E-state index contributed by atoms with van der Waals surface area (Å²) in [5.74, 6) is 0.128. The number of ether oxygens (including phenoxy) is 4. The van der Waals surface area contributed by atoms with Crippen molar-refractivity contribution in [3.8, 4) is 17.2 Å². The molecule has 0 radical (unpaired) electrons. The van der Waals surface area contributed by atoms with Crippen molar-refractivity contribution in [2.24, 2.45) is 0 Å². The quantitative estimate of drug-likeness (QED) is 0.367. The zero-order chi connectivity index (χ0) is 27.4. The number of aliphatic hydroxyl groups is 1. The van der Waals surface area contributed by atoms with Gasteiger partial charge >= 0.3 is 5.97 Å². The normalized spacial score (nSPS) is 15.0. The lowest BCUT2D eigenvalue weighted by Gasteiger charge is -2.29. The van der Waals surface area contributed by atoms with E-state index < -0.39 is 17.9 Å². The molecule has 1 aliphatic heterocycles. The molecule has 198 valence electrons. The Balaban J connectivity index is 1.92. The number of anilines is 1. The van der Waals surface area contributed by atoms with Crippen LogP contribution in [0.4, 0.5) is 5.69 Å². The number of carbonyl (C=O) groups excluding carboxylic acids is 2. The van der Waals surface area contributed by atoms with Crippen molar-refractivity contribution in [3.63, 3.8) is 0 Å². The summed E-state index contributed by atoms with van der Waals surface area (Å²) < 4.78 is 21.9. The SMILES string of the molecule is CCOc1ccc(C2=C(O)C(=O)N(c3cc(C)ccc3OC)C2c2ccc(C(=O)OC)cc2)cc1OCC. The highest BCUT2D eigenvalue weighted by atomic mass is 16.5. The van der Waals surface area contributed by atoms with Crippen molar-refractivity contribution in [2.45, 2.75) is 26.8 Å². The lowest BCUT2D eigenvalue weighted by molar-refractivity contribution is -0.117. The second-order valence-electron chi connectivity index (χ2n) is 8.66. The third-order valence-electron chi connectivity index (χ3n) is 6.30. The number of hydrogen-bond donors (Lipinski definition) is 1. The number of aryl methyl sites for hydroxylation is 1. The first-order valence-electron chi connectivity index (χ1n) is 12.3. The first-order chi connectivity index (χ1) is 18.3. The summed E-state index contributed by atoms with van der Waals surface area (Å²) in [4.78, 5) is 27.2. The molecule has 0 bridgehead atoms. The number of benzene rings is 3. The number of aliphatic hydroxyl groups excluding tert-OH is 1. The molecule has 1 amide bonds. The van der Waals surface area contributed by atoms with E-state index in [4.69, 9.17) is 18.9 Å². The number of esters is 1. The molecule has 3 aromatic carbocycles. The topological polar surface area (TPSA) is 94.5 Å². The highest BCUT2D eigenvalue weighted by molar-refractivity contribution is 6.16. The summed E-state index contributed by atoms with van der Waals surface area (Å²) in [7, 11) is 2.85. The van der Waals surface area contributed by atoms with E-state index in [1.807, 2.05) is 32.9 Å². The first-order valence-corrected chi connectivity index (χ1v) is 12.3. The molecule has 8 nitrogen and oxygen atoms in total. The second-order valence-corrected chi connectivity index (χ2v) is 8.66. The van der Waals surface area contributed by atoms with Crippen LogP contribution in [0.25, 0.3) is 5.57 Å². The van der Waals surface area contributed by atoms with Crippen molar-refractivity contribution in [3.05, 3.63) is 88.7 Å². The third-order valence-corrected chi connectivity index (χ3v) is 6.30. The molecule has 1 N–H and O–H groups in total. The summed E-state index contributed by atoms with van der Waals surface area (Å²) in [6.45, 7) is 6.55. The van der Waals surface area contributed by atoms with Crippen LogP contribution in [0.15, 0.2) is 66.4 Å². The van der Waals surface area contributed by atoms with Gasteiger partial charge in [-0.15, -0.1) is 0 Å². The Kier molecular flexibility index (Phi) is 7.90. The van der Waals surface area contributed by atoms with Crippen LogP contribution in [0.3, 0.4) is 0 Å². The molecule has 8 heteroatoms. The predicted molar refractivity (Wildman–Crippen MR) is 144 cm³/mol. The van der Waals surface area contributed by atoms with E-state index in [1.165, 1.54) is 19.1 Å². The Hall–Kier alpha value is -4.46. The van der Waals surface area contributed by atoms with E-state index in [9.17, 15) is 14.7 Å². The molecule has 0 aromatic heterocycles. The first kappa shape index (κ1) is 26.6. The minimum absolute atomic E-state index is 0.370. The molecular weight excluding hydrogens is 486 g/mol. The molecule has 1 aliphatic rings. The van der Waals surface area contributed by atoms with Gasteiger partial charge < -0.3 is 24.1 Å². The fourth-order valence-corrected chi connectivity index (χ4v) is 4.59. The number of carbonyl (C=O) groups is 2. The molecule has 0 saturated heterocycles. The molecule has 1 heterocycles. The van der Waals surface area contributed by atoms with E-state index in [-0.39, 0.29) is 5.76 Å². The zero-order valence-electron chi connectivity index (χ0n) is 22.1. The van der Waals surface area contributed by atoms with Crippen molar-refractivity contribution in [1.82, 2.24) is 0 Å². The maximum Gasteiger partial charge on any atom is 0.337 e. The Labute approximate surface area is 222 Å². The maximum absolute atomic E-state index is 13.7. The predicted octanol–water partition coefficient (Wildman–Crippen LogP) is 5.64. The van der Waals surface area contributed by atoms with Gasteiger partial charge in [0.15, 0.2) is 17.3 Å². The monoisotopic (exact) mass is 517 g/mol. The van der Waals surface area contributed by atoms with E-state index in [0.29, 0.717) is 58.4 Å². The molecule has 3 aromatic rings. The van der Waals surface area contributed by atoms with E-state index in [1.54, 1.807) is 48.5 Å². The van der Waals surface area contributed by atoms with Crippen LogP contribution < -0.4 is 19.1 Å². The van der Waals surface area contributed by atoms with Gasteiger partial charge in [0.25, 0.3) is 5.91 Å². The summed E-state index contributed by atoms with van der Waals surface area (Å²) in [6, 6.07) is 16.9. The van der Waals surface area contributed by atoms with Crippen molar-refractivity contribution >= 4 is 23.1 Å². The third kappa shape index (κ3) is 4.89. The molecule has 0 spiro atoms. The van der Waals surface area contributed by atoms with Crippen LogP contribution in [0.1, 0.15) is 46.9 Å². The highest BCUT2D eigenvalue weighted by Gasteiger charge is 2.43. The fourth-order valence-electron chi connectivity index (χ4n) is 4.59. The Morgan fingerprint density at radius 3 is 2.18 bits per heavy atom. The van der Waals surface area contributed by atoms with Gasteiger partial charge in [-0.2, -0.15) is 0 Å². The molecule has 0 aliphatic carbocycles. The van der Waals surface area contributed by atoms with Crippen molar-refractivity contribution < 1.29 is 33.6 Å². The van der Waals surface area contributed by atoms with Gasteiger partial charge in [0, 0.05) is 5.57 Å². The molecule has 38 heavy (non-hydrogen) atoms. The van der Waals surface area contributed by atoms with Crippen LogP contribution in [0.2, 0.25) is 0 Å². The Bertz CT molecular complexity index is 1380. The zero-order valence-corrected chi connectivity index (χ0v) is 22.1. The summed E-state index contributed by atoms with van der Waals surface area (Å²) in [5.41, 5.74) is 3.47. The Morgan fingerprint density at radius 1 is 0.895 bits per heavy atom. The summed E-state index contributed by atoms with van der Waals surface area (Å²) >= 11 is 0. The maximum atomic E-state index is 13.7. The highest BCUT2D eigenvalue weighted by Crippen LogP contribution is 2.49. The van der Waals surface area contributed by atoms with Gasteiger partial charge in [-0.1, -0.05) is 24.3 Å². The van der Waals surface area contributed by atoms with Crippen LogP contribution in [0, 0.1) is 6.92 Å². The van der Waals surface area contributed by atoms with Gasteiger partial charge in [-0.25, -0.2) is 4.79 Å². The van der Waals surface area contributed by atoms with Gasteiger partial charge in [0.05, 0.1) is 44.7 Å². The average molecular weight is 518 g/mol. The number of amides is 1. The van der Waals surface area contributed by atoms with Crippen LogP contribution in [0.5, 0.6) is 17.2 Å². The van der Waals surface area contributed by atoms with Gasteiger partial charge in [0.2, 0.25) is 0 Å². The Morgan fingerprint density at radius 2 is 1.55 bits per heavy atom. The minimum Gasteiger partial charge on any atom is -0.503 e. The van der Waals surface area contributed by atoms with Crippen molar-refractivity contribution in [1.29, 1.82) is 0 Å². The largest absolute Gasteiger partial charge is 0.503 e. The fraction of sp³-hybridized carbons (Fsp3) is 0.267. The lowest BCUT2D eigenvalue weighted by Crippen LogP contribution is -2.30. The summed E-state index contributed by atoms with van der Waals surface area (Å²) in [5, 5.41) is 11.3. The molecule has 4 rings (SSSR count). The van der Waals surface area contributed by atoms with E-state index in [0.717, 1.165) is 5.56 Å². The standard InChI is InChI=1S/C30H31NO7/c1-6-37-24-15-13-21(17-25(24)38-7-2)26-27(19-9-11-20(12-10-19)30(34)36-5)31(29(33)28(26)32)22-16-18(3)8-14-23(22)35-4/h8-17,27,32H,6-7H2,1-5H3. The number of rotatable bonds is 9. The summed E-state index contributed by atoms with van der Waals surface area (Å²) in [6.07, 6.45) is 0. The lowest BCUT2D eigenvalue weighted by atomic mass is 9.92. The number of nitrogens with zero attached hydrogens (tertiary/aromatic N) is 1. The molecule has 0 saturated carbocycles. The molecule has 1 unspecified atom stereocenters. The van der Waals surface area contributed by atoms with Gasteiger partial charge in [0.1, 0.15) is 5.75 Å². The van der Waals surface area contributed by atoms with E-state index in [2.05, 4.69) is 0 Å².